The molecule has 1 fully saturated rings. The number of para-hydroxylation sites is 1. The van der Waals surface area contributed by atoms with E-state index in [1.165, 1.54) is 28.1 Å². The zero-order valence-corrected chi connectivity index (χ0v) is 30.9. The molecule has 0 unspecified atom stereocenters. The zero-order valence-electron chi connectivity index (χ0n) is 29.4. The second-order valence-corrected chi connectivity index (χ2v) is 13.0. The van der Waals surface area contributed by atoms with Gasteiger partial charge in [0.2, 0.25) is 11.8 Å². The number of rotatable bonds is 11. The third kappa shape index (κ3) is 8.74. The fraction of sp³-hybridized carbons (Fsp3) is 0.231. The third-order valence-electron chi connectivity index (χ3n) is 8.68. The number of fused-ring (bicyclic) bond motifs is 1. The topological polar surface area (TPSA) is 130 Å². The standard InChI is InChI=1S/C39H37Cl2N7O5/c1-25-21-32(48-17-19-52-20-18-48)27-7-6-8-33(38(27)45-25)53-24-28-29(40)12-14-31(37(28)41)46(2)36(50)23-44-35(49)15-11-26-10-13-30(43-22-26)39(51)47(3)34-9-4-5-16-42-34/h4-16,21-22H,17-20,23-24H2,1-3H3,(H,44,49)/b15-11+. The highest BCUT2D eigenvalue weighted by Gasteiger charge is 2.21. The molecule has 14 heteroatoms. The van der Waals surface area contributed by atoms with E-state index in [0.29, 0.717) is 46.6 Å². The van der Waals surface area contributed by atoms with Gasteiger partial charge in [0.25, 0.3) is 5.91 Å². The van der Waals surface area contributed by atoms with Crippen molar-refractivity contribution in [3.8, 4) is 5.75 Å². The molecule has 1 saturated heterocycles. The summed E-state index contributed by atoms with van der Waals surface area (Å²) < 4.78 is 11.8. The van der Waals surface area contributed by atoms with Gasteiger partial charge in [0, 0.05) is 73.0 Å². The molecule has 0 spiro atoms. The first-order valence-electron chi connectivity index (χ1n) is 16.8. The Bertz CT molecular complexity index is 2160. The lowest BCUT2D eigenvalue weighted by atomic mass is 10.1. The quantitative estimate of drug-likeness (QED) is 0.159. The van der Waals surface area contributed by atoms with Crippen molar-refractivity contribution in [3.63, 3.8) is 0 Å². The van der Waals surface area contributed by atoms with Crippen LogP contribution in [-0.4, -0.2) is 79.6 Å². The number of nitrogens with zero attached hydrogens (tertiary/aromatic N) is 6. The normalized spacial score (nSPS) is 12.9. The van der Waals surface area contributed by atoms with E-state index >= 15 is 0 Å². The second-order valence-electron chi connectivity index (χ2n) is 12.2. The van der Waals surface area contributed by atoms with Gasteiger partial charge in [-0.25, -0.2) is 9.97 Å². The average molecular weight is 755 g/mol. The van der Waals surface area contributed by atoms with E-state index in [0.717, 1.165) is 35.4 Å². The molecular weight excluding hydrogens is 717 g/mol. The number of aromatic nitrogens is 3. The summed E-state index contributed by atoms with van der Waals surface area (Å²) >= 11 is 13.4. The molecule has 12 nitrogen and oxygen atoms in total. The molecule has 5 aromatic rings. The Hall–Kier alpha value is -5.56. The van der Waals surface area contributed by atoms with Crippen LogP contribution in [0.4, 0.5) is 17.2 Å². The number of morpholine rings is 1. The molecule has 0 radical (unpaired) electrons. The largest absolute Gasteiger partial charge is 0.487 e. The van der Waals surface area contributed by atoms with Gasteiger partial charge in [0.15, 0.2) is 0 Å². The van der Waals surface area contributed by atoms with Gasteiger partial charge in [-0.05, 0) is 61.0 Å². The van der Waals surface area contributed by atoms with Crippen molar-refractivity contribution in [2.24, 2.45) is 0 Å². The van der Waals surface area contributed by atoms with E-state index < -0.39 is 11.8 Å². The molecule has 1 aliphatic heterocycles. The molecule has 0 saturated carbocycles. The van der Waals surface area contributed by atoms with Crippen molar-refractivity contribution >= 4 is 75.1 Å². The predicted molar refractivity (Wildman–Crippen MR) is 207 cm³/mol. The van der Waals surface area contributed by atoms with Gasteiger partial charge in [-0.3, -0.25) is 24.3 Å². The molecule has 53 heavy (non-hydrogen) atoms. The lowest BCUT2D eigenvalue weighted by Gasteiger charge is -2.30. The molecule has 3 aromatic heterocycles. The van der Waals surface area contributed by atoms with Gasteiger partial charge in [0.05, 0.1) is 30.5 Å². The first kappa shape index (κ1) is 37.2. The van der Waals surface area contributed by atoms with Gasteiger partial charge < -0.3 is 24.6 Å². The van der Waals surface area contributed by atoms with E-state index in [1.54, 1.807) is 62.8 Å². The van der Waals surface area contributed by atoms with Crippen LogP contribution in [-0.2, 0) is 20.9 Å². The smallest absolute Gasteiger partial charge is 0.277 e. The second kappa shape index (κ2) is 16.8. The molecule has 2 aromatic carbocycles. The van der Waals surface area contributed by atoms with E-state index in [2.05, 4.69) is 26.3 Å². The summed E-state index contributed by atoms with van der Waals surface area (Å²) in [6.07, 6.45) is 5.90. The maximum absolute atomic E-state index is 13.1. The number of carbonyl (C=O) groups is 3. The number of benzene rings is 2. The lowest BCUT2D eigenvalue weighted by Crippen LogP contribution is -2.37. The number of carbonyl (C=O) groups excluding carboxylic acids is 3. The van der Waals surface area contributed by atoms with Crippen molar-refractivity contribution in [1.29, 1.82) is 0 Å². The summed E-state index contributed by atoms with van der Waals surface area (Å²) in [4.78, 5) is 56.7. The molecule has 0 atom stereocenters. The zero-order chi connectivity index (χ0) is 37.5. The monoisotopic (exact) mass is 753 g/mol. The van der Waals surface area contributed by atoms with E-state index in [1.807, 2.05) is 25.1 Å². The number of hydrogen-bond acceptors (Lipinski definition) is 9. The summed E-state index contributed by atoms with van der Waals surface area (Å²) in [7, 11) is 3.18. The van der Waals surface area contributed by atoms with Crippen LogP contribution < -0.4 is 24.8 Å². The predicted octanol–water partition coefficient (Wildman–Crippen LogP) is 6.12. The van der Waals surface area contributed by atoms with Gasteiger partial charge >= 0.3 is 0 Å². The molecule has 0 aliphatic carbocycles. The van der Waals surface area contributed by atoms with Gasteiger partial charge in [-0.15, -0.1) is 0 Å². The lowest BCUT2D eigenvalue weighted by molar-refractivity contribution is -0.122. The number of nitrogens with one attached hydrogen (secondary N) is 1. The number of likely N-dealkylation sites (N-methyl/N-ethyl adjacent to an activating group) is 1. The fourth-order valence-corrected chi connectivity index (χ4v) is 6.35. The van der Waals surface area contributed by atoms with Gasteiger partial charge in [-0.2, -0.15) is 0 Å². The first-order valence-corrected chi connectivity index (χ1v) is 17.6. The van der Waals surface area contributed by atoms with Crippen molar-refractivity contribution in [3.05, 3.63) is 118 Å². The van der Waals surface area contributed by atoms with Crippen LogP contribution >= 0.6 is 23.2 Å². The summed E-state index contributed by atoms with van der Waals surface area (Å²) in [6.45, 7) is 4.60. The minimum Gasteiger partial charge on any atom is -0.487 e. The van der Waals surface area contributed by atoms with Gasteiger partial charge in [-0.1, -0.05) is 47.5 Å². The third-order valence-corrected chi connectivity index (χ3v) is 9.45. The Labute approximate surface area is 317 Å². The molecule has 4 heterocycles. The molecule has 1 N–H and O–H groups in total. The van der Waals surface area contributed by atoms with Crippen LogP contribution in [0, 0.1) is 6.92 Å². The molecule has 272 valence electrons. The number of anilines is 3. The van der Waals surface area contributed by atoms with Crippen molar-refractivity contribution < 1.29 is 23.9 Å². The Morgan fingerprint density at radius 3 is 2.53 bits per heavy atom. The highest BCUT2D eigenvalue weighted by atomic mass is 35.5. The maximum Gasteiger partial charge on any atom is 0.277 e. The molecule has 6 rings (SSSR count). The highest BCUT2D eigenvalue weighted by Crippen LogP contribution is 2.37. The molecule has 1 aliphatic rings. The molecule has 3 amide bonds. The Morgan fingerprint density at radius 2 is 1.79 bits per heavy atom. The molecule has 0 bridgehead atoms. The van der Waals surface area contributed by atoms with Crippen LogP contribution in [0.1, 0.15) is 27.3 Å². The Kier molecular flexibility index (Phi) is 11.8. The SMILES string of the molecule is Cc1cc(N2CCOCC2)c2cccc(OCc3c(Cl)ccc(N(C)C(=O)CNC(=O)/C=C/c4ccc(C(=O)N(C)c5ccccn5)nc4)c3Cl)c2n1. The van der Waals surface area contributed by atoms with E-state index in [9.17, 15) is 14.4 Å². The number of halogens is 2. The number of pyridine rings is 3. The number of hydrogen-bond donors (Lipinski definition) is 1. The fourth-order valence-electron chi connectivity index (χ4n) is 5.74. The summed E-state index contributed by atoms with van der Waals surface area (Å²) in [6, 6.07) is 19.7. The summed E-state index contributed by atoms with van der Waals surface area (Å²) in [5.74, 6) is -0.152. The minimum atomic E-state index is -0.492. The number of ether oxygens (including phenoxy) is 2. The Balaban J connectivity index is 1.06. The van der Waals surface area contributed by atoms with Gasteiger partial charge in [0.1, 0.15) is 29.4 Å². The van der Waals surface area contributed by atoms with E-state index in [4.69, 9.17) is 37.7 Å². The van der Waals surface area contributed by atoms with Crippen LogP contribution in [0.5, 0.6) is 5.75 Å². The minimum absolute atomic E-state index is 0.0294. The maximum atomic E-state index is 13.1. The Morgan fingerprint density at radius 1 is 0.981 bits per heavy atom. The van der Waals surface area contributed by atoms with Crippen LogP contribution in [0.3, 0.4) is 0 Å². The summed E-state index contributed by atoms with van der Waals surface area (Å²) in [5, 5.41) is 4.19. The highest BCUT2D eigenvalue weighted by molar-refractivity contribution is 6.38. The van der Waals surface area contributed by atoms with Crippen LogP contribution in [0.25, 0.3) is 17.0 Å². The van der Waals surface area contributed by atoms with Crippen LogP contribution in [0.2, 0.25) is 10.0 Å². The molecular formula is C39H37Cl2N7O5. The van der Waals surface area contributed by atoms with Crippen molar-refractivity contribution in [2.45, 2.75) is 13.5 Å². The van der Waals surface area contributed by atoms with Crippen molar-refractivity contribution in [1.82, 2.24) is 20.3 Å². The van der Waals surface area contributed by atoms with Crippen molar-refractivity contribution in [2.75, 3.05) is 61.6 Å². The number of aryl methyl sites for hydroxylation is 1. The average Bonchev–Trinajstić information content (AvgIpc) is 3.19. The number of amides is 3. The first-order chi connectivity index (χ1) is 25.6. The summed E-state index contributed by atoms with van der Waals surface area (Å²) in [5.41, 5.74) is 4.38. The van der Waals surface area contributed by atoms with E-state index in [-0.39, 0.29) is 29.8 Å². The van der Waals surface area contributed by atoms with Crippen LogP contribution in [0.15, 0.2) is 85.2 Å².